The van der Waals surface area contributed by atoms with Gasteiger partial charge in [0.25, 0.3) is 0 Å². The maximum atomic E-state index is 13.4. The molecule has 1 N–H and O–H groups in total. The molecule has 0 aliphatic rings. The van der Waals surface area contributed by atoms with Crippen LogP contribution in [0.4, 0.5) is 18.9 Å². The zero-order valence-corrected chi connectivity index (χ0v) is 9.81. The lowest BCUT2D eigenvalue weighted by Gasteiger charge is -2.10. The number of benzene rings is 2. The summed E-state index contributed by atoms with van der Waals surface area (Å²) in [4.78, 5) is 0. The summed E-state index contributed by atoms with van der Waals surface area (Å²) in [7, 11) is 0. The number of nitrogens with one attached hydrogen (secondary N) is 1. The molecule has 0 aliphatic carbocycles. The fraction of sp³-hybridized carbons (Fsp3) is 0.143. The van der Waals surface area contributed by atoms with E-state index in [0.29, 0.717) is 12.6 Å². The Hall–Kier alpha value is -1.97. The van der Waals surface area contributed by atoms with Crippen molar-refractivity contribution in [3.8, 4) is 0 Å². The summed E-state index contributed by atoms with van der Waals surface area (Å²) in [6, 6.07) is 8.99. The molecule has 0 amide bonds. The minimum absolute atomic E-state index is 0.171. The second kappa shape index (κ2) is 5.12. The number of halogens is 3. The van der Waals surface area contributed by atoms with Crippen LogP contribution in [0.3, 0.4) is 0 Å². The molecule has 2 aromatic rings. The zero-order chi connectivity index (χ0) is 13.1. The normalized spacial score (nSPS) is 10.4. The van der Waals surface area contributed by atoms with E-state index in [1.54, 1.807) is 0 Å². The van der Waals surface area contributed by atoms with Crippen molar-refractivity contribution >= 4 is 5.69 Å². The van der Waals surface area contributed by atoms with Crippen molar-refractivity contribution in [2.45, 2.75) is 13.5 Å². The molecule has 0 saturated heterocycles. The summed E-state index contributed by atoms with van der Waals surface area (Å²) < 4.78 is 39.3. The number of hydrogen-bond acceptors (Lipinski definition) is 1. The second-order valence-electron chi connectivity index (χ2n) is 4.03. The first kappa shape index (κ1) is 12.5. The van der Waals surface area contributed by atoms with Gasteiger partial charge in [-0.1, -0.05) is 24.3 Å². The van der Waals surface area contributed by atoms with Crippen LogP contribution in [-0.2, 0) is 6.54 Å². The molecule has 0 atom stereocenters. The Bertz CT molecular complexity index is 567. The highest BCUT2D eigenvalue weighted by atomic mass is 19.2. The van der Waals surface area contributed by atoms with Crippen LogP contribution in [0.2, 0.25) is 0 Å². The standard InChI is InChI=1S/C14H12F3N/c1-9-4-2-3-5-10(9)8-18-13-7-11(15)6-12(16)14(13)17/h2-7,18H,8H2,1H3. The maximum Gasteiger partial charge on any atom is 0.182 e. The predicted molar refractivity (Wildman–Crippen MR) is 64.8 cm³/mol. The second-order valence-corrected chi connectivity index (χ2v) is 4.03. The van der Waals surface area contributed by atoms with Crippen molar-refractivity contribution in [1.29, 1.82) is 0 Å². The largest absolute Gasteiger partial charge is 0.378 e. The van der Waals surface area contributed by atoms with E-state index in [9.17, 15) is 13.2 Å². The van der Waals surface area contributed by atoms with Gasteiger partial charge in [0.1, 0.15) is 5.82 Å². The Morgan fingerprint density at radius 2 is 1.78 bits per heavy atom. The Morgan fingerprint density at radius 1 is 1.06 bits per heavy atom. The lowest BCUT2D eigenvalue weighted by atomic mass is 10.1. The van der Waals surface area contributed by atoms with Crippen molar-refractivity contribution < 1.29 is 13.2 Å². The van der Waals surface area contributed by atoms with E-state index in [4.69, 9.17) is 0 Å². The summed E-state index contributed by atoms with van der Waals surface area (Å²) in [5.74, 6) is -3.06. The summed E-state index contributed by atoms with van der Waals surface area (Å²) in [5, 5.41) is 2.70. The molecule has 0 saturated carbocycles. The SMILES string of the molecule is Cc1ccccc1CNc1cc(F)cc(F)c1F. The highest BCUT2D eigenvalue weighted by Gasteiger charge is 2.10. The van der Waals surface area contributed by atoms with E-state index in [1.165, 1.54) is 0 Å². The average Bonchev–Trinajstić information content (AvgIpc) is 2.33. The van der Waals surface area contributed by atoms with Crippen molar-refractivity contribution in [3.05, 3.63) is 65.0 Å². The quantitative estimate of drug-likeness (QED) is 0.812. The van der Waals surface area contributed by atoms with Gasteiger partial charge in [0.05, 0.1) is 5.69 Å². The summed E-state index contributed by atoms with van der Waals surface area (Å²) in [6.45, 7) is 2.23. The lowest BCUT2D eigenvalue weighted by Crippen LogP contribution is -2.04. The Kier molecular flexibility index (Phi) is 3.55. The highest BCUT2D eigenvalue weighted by molar-refractivity contribution is 5.46. The fourth-order valence-electron chi connectivity index (χ4n) is 1.68. The first-order valence-electron chi connectivity index (χ1n) is 5.51. The molecule has 0 spiro atoms. The van der Waals surface area contributed by atoms with Crippen LogP contribution in [-0.4, -0.2) is 0 Å². The molecule has 0 fully saturated rings. The molecule has 0 heterocycles. The van der Waals surface area contributed by atoms with E-state index in [1.807, 2.05) is 31.2 Å². The van der Waals surface area contributed by atoms with Crippen LogP contribution in [0.25, 0.3) is 0 Å². The fourth-order valence-corrected chi connectivity index (χ4v) is 1.68. The first-order chi connectivity index (χ1) is 8.58. The average molecular weight is 251 g/mol. The van der Waals surface area contributed by atoms with Gasteiger partial charge in [-0.2, -0.15) is 0 Å². The Morgan fingerprint density at radius 3 is 2.50 bits per heavy atom. The lowest BCUT2D eigenvalue weighted by molar-refractivity contribution is 0.497. The Balaban J connectivity index is 2.18. The highest BCUT2D eigenvalue weighted by Crippen LogP contribution is 2.20. The smallest absolute Gasteiger partial charge is 0.182 e. The maximum absolute atomic E-state index is 13.4. The number of anilines is 1. The van der Waals surface area contributed by atoms with Gasteiger partial charge in [-0.05, 0) is 18.1 Å². The van der Waals surface area contributed by atoms with Crippen LogP contribution >= 0.6 is 0 Å². The summed E-state index contributed by atoms with van der Waals surface area (Å²) in [6.07, 6.45) is 0. The Labute approximate surface area is 103 Å². The number of rotatable bonds is 3. The van der Waals surface area contributed by atoms with Gasteiger partial charge in [-0.15, -0.1) is 0 Å². The molecule has 2 rings (SSSR count). The van der Waals surface area contributed by atoms with E-state index >= 15 is 0 Å². The van der Waals surface area contributed by atoms with Crippen LogP contribution in [0.1, 0.15) is 11.1 Å². The molecule has 94 valence electrons. The molecule has 0 unspecified atom stereocenters. The van der Waals surface area contributed by atoms with Crippen molar-refractivity contribution in [2.75, 3.05) is 5.32 Å². The van der Waals surface area contributed by atoms with Gasteiger partial charge in [-0.25, -0.2) is 13.2 Å². The minimum atomic E-state index is -1.19. The van der Waals surface area contributed by atoms with Gasteiger partial charge in [0.15, 0.2) is 11.6 Å². The van der Waals surface area contributed by atoms with Crippen LogP contribution in [0.15, 0.2) is 36.4 Å². The van der Waals surface area contributed by atoms with Gasteiger partial charge < -0.3 is 5.32 Å². The molecular weight excluding hydrogens is 239 g/mol. The molecule has 0 radical (unpaired) electrons. The summed E-state index contributed by atoms with van der Waals surface area (Å²) in [5.41, 5.74) is 1.81. The van der Waals surface area contributed by atoms with Gasteiger partial charge in [0, 0.05) is 18.7 Å². The van der Waals surface area contributed by atoms with E-state index in [2.05, 4.69) is 5.32 Å². The van der Waals surface area contributed by atoms with Crippen molar-refractivity contribution in [1.82, 2.24) is 0 Å². The third-order valence-corrected chi connectivity index (χ3v) is 2.72. The van der Waals surface area contributed by atoms with Crippen molar-refractivity contribution in [3.63, 3.8) is 0 Å². The topological polar surface area (TPSA) is 12.0 Å². The molecule has 18 heavy (non-hydrogen) atoms. The van der Waals surface area contributed by atoms with Crippen LogP contribution in [0.5, 0.6) is 0 Å². The van der Waals surface area contributed by atoms with E-state index in [-0.39, 0.29) is 5.69 Å². The molecule has 0 aliphatic heterocycles. The molecule has 4 heteroatoms. The predicted octanol–water partition coefficient (Wildman–Crippen LogP) is 4.02. The molecule has 0 aromatic heterocycles. The molecule has 2 aromatic carbocycles. The summed E-state index contributed by atoms with van der Waals surface area (Å²) >= 11 is 0. The number of hydrogen-bond donors (Lipinski definition) is 1. The third kappa shape index (κ3) is 2.64. The minimum Gasteiger partial charge on any atom is -0.378 e. The number of aryl methyl sites for hydroxylation is 1. The van der Waals surface area contributed by atoms with Gasteiger partial charge in [0.2, 0.25) is 0 Å². The van der Waals surface area contributed by atoms with Crippen LogP contribution < -0.4 is 5.32 Å². The van der Waals surface area contributed by atoms with Gasteiger partial charge >= 0.3 is 0 Å². The monoisotopic (exact) mass is 251 g/mol. The van der Waals surface area contributed by atoms with Crippen LogP contribution in [0, 0.1) is 24.4 Å². The third-order valence-electron chi connectivity index (χ3n) is 2.72. The van der Waals surface area contributed by atoms with E-state index in [0.717, 1.165) is 17.2 Å². The van der Waals surface area contributed by atoms with E-state index < -0.39 is 17.5 Å². The van der Waals surface area contributed by atoms with Gasteiger partial charge in [-0.3, -0.25) is 0 Å². The molecule has 0 bridgehead atoms. The molecular formula is C14H12F3N. The molecule has 1 nitrogen and oxygen atoms in total. The first-order valence-corrected chi connectivity index (χ1v) is 5.51. The van der Waals surface area contributed by atoms with Crippen molar-refractivity contribution in [2.24, 2.45) is 0 Å². The zero-order valence-electron chi connectivity index (χ0n) is 9.81.